The second-order valence-electron chi connectivity index (χ2n) is 4.30. The van der Waals surface area contributed by atoms with Gasteiger partial charge < -0.3 is 4.90 Å². The summed E-state index contributed by atoms with van der Waals surface area (Å²) in [5, 5.41) is 8.79. The molecule has 2 nitrogen and oxygen atoms in total. The highest BCUT2D eigenvalue weighted by Gasteiger charge is 2.33. The number of hydrogen-bond donors (Lipinski definition) is 0. The smallest absolute Gasteiger partial charge is 0.371 e. The quantitative estimate of drug-likeness (QED) is 0.766. The van der Waals surface area contributed by atoms with E-state index in [0.29, 0.717) is 5.69 Å². The molecule has 0 fully saturated rings. The van der Waals surface area contributed by atoms with Gasteiger partial charge in [-0.15, -0.1) is 0 Å². The normalized spacial score (nSPS) is 12.9. The Kier molecular flexibility index (Phi) is 5.24. The molecule has 1 atom stereocenters. The van der Waals surface area contributed by atoms with Crippen molar-refractivity contribution in [1.29, 1.82) is 5.26 Å². The third-order valence-corrected chi connectivity index (χ3v) is 3.60. The molecule has 104 valence electrons. The van der Waals surface area contributed by atoms with Crippen LogP contribution in [0, 0.1) is 11.3 Å². The van der Waals surface area contributed by atoms with Crippen LogP contribution in [0.25, 0.3) is 0 Å². The van der Waals surface area contributed by atoms with Crippen LogP contribution in [0.2, 0.25) is 0 Å². The van der Waals surface area contributed by atoms with Gasteiger partial charge in [-0.2, -0.15) is 18.4 Å². The topological polar surface area (TPSA) is 27.0 Å². The monoisotopic (exact) mass is 334 g/mol. The van der Waals surface area contributed by atoms with Crippen LogP contribution in [0.15, 0.2) is 18.2 Å². The fourth-order valence-corrected chi connectivity index (χ4v) is 2.18. The van der Waals surface area contributed by atoms with Gasteiger partial charge in [0.05, 0.1) is 18.1 Å². The molecule has 0 bridgehead atoms. The maximum atomic E-state index is 12.9. The van der Waals surface area contributed by atoms with E-state index >= 15 is 0 Å². The molecule has 0 aliphatic carbocycles. The number of alkyl halides is 4. The Bertz CT molecular complexity index is 480. The Balaban J connectivity index is 3.15. The lowest BCUT2D eigenvalue weighted by molar-refractivity contribution is -0.138. The average Bonchev–Trinajstić information content (AvgIpc) is 2.36. The number of benzene rings is 1. The molecule has 0 spiro atoms. The zero-order chi connectivity index (χ0) is 14.6. The second kappa shape index (κ2) is 6.29. The fraction of sp³-hybridized carbons (Fsp3) is 0.462. The highest BCUT2D eigenvalue weighted by molar-refractivity contribution is 9.08. The van der Waals surface area contributed by atoms with E-state index in [0.717, 1.165) is 6.07 Å². The third kappa shape index (κ3) is 3.87. The lowest BCUT2D eigenvalue weighted by Gasteiger charge is -2.26. The van der Waals surface area contributed by atoms with Gasteiger partial charge >= 0.3 is 6.18 Å². The number of rotatable bonds is 4. The fourth-order valence-electron chi connectivity index (χ4n) is 1.69. The van der Waals surface area contributed by atoms with Crippen molar-refractivity contribution in [1.82, 2.24) is 0 Å². The molecule has 19 heavy (non-hydrogen) atoms. The first kappa shape index (κ1) is 15.8. The zero-order valence-corrected chi connectivity index (χ0v) is 12.2. The van der Waals surface area contributed by atoms with Crippen molar-refractivity contribution < 1.29 is 13.2 Å². The summed E-state index contributed by atoms with van der Waals surface area (Å²) in [6, 6.07) is 6.10. The van der Waals surface area contributed by atoms with Gasteiger partial charge in [-0.3, -0.25) is 0 Å². The molecule has 1 aromatic carbocycles. The second-order valence-corrected chi connectivity index (χ2v) is 4.86. The summed E-state index contributed by atoms with van der Waals surface area (Å²) in [6.45, 7) is 1.80. The molecule has 0 aromatic heterocycles. The molecule has 0 aliphatic rings. The molecule has 0 heterocycles. The number of nitrogens with zero attached hydrogens (tertiary/aromatic N) is 2. The van der Waals surface area contributed by atoms with Crippen molar-refractivity contribution in [3.63, 3.8) is 0 Å². The van der Waals surface area contributed by atoms with Gasteiger partial charge in [0.2, 0.25) is 0 Å². The van der Waals surface area contributed by atoms with E-state index < -0.39 is 11.7 Å². The molecule has 0 aliphatic heterocycles. The first-order valence-corrected chi connectivity index (χ1v) is 6.79. The van der Waals surface area contributed by atoms with E-state index in [9.17, 15) is 13.2 Å². The van der Waals surface area contributed by atoms with Crippen molar-refractivity contribution in [2.45, 2.75) is 30.9 Å². The van der Waals surface area contributed by atoms with Gasteiger partial charge in [0, 0.05) is 24.1 Å². The van der Waals surface area contributed by atoms with Crippen molar-refractivity contribution >= 4 is 21.6 Å². The predicted molar refractivity (Wildman–Crippen MR) is 72.2 cm³/mol. The van der Waals surface area contributed by atoms with Crippen molar-refractivity contribution in [3.05, 3.63) is 29.3 Å². The van der Waals surface area contributed by atoms with Crippen LogP contribution in [-0.2, 0) is 11.5 Å². The molecule has 0 radical (unpaired) electrons. The van der Waals surface area contributed by atoms with E-state index in [1.165, 1.54) is 6.07 Å². The minimum Gasteiger partial charge on any atom is -0.371 e. The van der Waals surface area contributed by atoms with E-state index in [1.807, 2.05) is 6.07 Å². The summed E-state index contributed by atoms with van der Waals surface area (Å²) >= 11 is 3.06. The minimum absolute atomic E-state index is 0.138. The maximum absolute atomic E-state index is 12.9. The predicted octanol–water partition coefficient (Wildman–Crippen LogP) is 4.34. The van der Waals surface area contributed by atoms with Crippen molar-refractivity contribution in [3.8, 4) is 6.07 Å². The first-order valence-electron chi connectivity index (χ1n) is 5.67. The van der Waals surface area contributed by atoms with Gasteiger partial charge in [-0.25, -0.2) is 0 Å². The number of hydrogen-bond acceptors (Lipinski definition) is 2. The molecule has 1 rings (SSSR count). The third-order valence-electron chi connectivity index (χ3n) is 3.00. The maximum Gasteiger partial charge on any atom is 0.416 e. The molecular formula is C13H14BrF3N2. The van der Waals surface area contributed by atoms with Gasteiger partial charge in [-0.05, 0) is 24.6 Å². The lowest BCUT2D eigenvalue weighted by Crippen LogP contribution is -2.28. The Morgan fingerprint density at radius 2 is 2.05 bits per heavy atom. The van der Waals surface area contributed by atoms with Crippen LogP contribution in [0.4, 0.5) is 18.9 Å². The van der Waals surface area contributed by atoms with Gasteiger partial charge in [0.15, 0.2) is 0 Å². The molecule has 0 N–H and O–H groups in total. The van der Waals surface area contributed by atoms with Crippen LogP contribution in [0.5, 0.6) is 0 Å². The SMILES string of the molecule is CC(CC#N)N(C)c1ccc(CBr)c(C(F)(F)F)c1. The molecular weight excluding hydrogens is 321 g/mol. The average molecular weight is 335 g/mol. The molecule has 1 unspecified atom stereocenters. The van der Waals surface area contributed by atoms with Gasteiger partial charge in [-0.1, -0.05) is 22.0 Å². The number of halogens is 4. The standard InChI is InChI=1S/C13H14BrF3N2/c1-9(5-6-18)19(2)11-4-3-10(8-14)12(7-11)13(15,16)17/h3-4,7,9H,5,8H2,1-2H3. The number of anilines is 1. The molecule has 0 amide bonds. The Morgan fingerprint density at radius 1 is 1.42 bits per heavy atom. The summed E-state index contributed by atoms with van der Waals surface area (Å²) < 4.78 is 38.8. The largest absolute Gasteiger partial charge is 0.416 e. The van der Waals surface area contributed by atoms with Crippen LogP contribution in [0.1, 0.15) is 24.5 Å². The Morgan fingerprint density at radius 3 is 2.53 bits per heavy atom. The van der Waals surface area contributed by atoms with Crippen molar-refractivity contribution in [2.75, 3.05) is 11.9 Å². The van der Waals surface area contributed by atoms with Gasteiger partial charge in [0.1, 0.15) is 0 Å². The van der Waals surface area contributed by atoms with Crippen LogP contribution in [0.3, 0.4) is 0 Å². The summed E-state index contributed by atoms with van der Waals surface area (Å²) in [7, 11) is 1.69. The Hall–Kier alpha value is -1.22. The van der Waals surface area contributed by atoms with E-state index in [4.69, 9.17) is 5.26 Å². The Labute approximate surface area is 119 Å². The molecule has 0 saturated heterocycles. The summed E-state index contributed by atoms with van der Waals surface area (Å²) in [5.74, 6) is 0. The van der Waals surface area contributed by atoms with E-state index in [1.54, 1.807) is 24.9 Å². The van der Waals surface area contributed by atoms with E-state index in [-0.39, 0.29) is 23.4 Å². The van der Waals surface area contributed by atoms with Gasteiger partial charge in [0.25, 0.3) is 0 Å². The highest BCUT2D eigenvalue weighted by Crippen LogP contribution is 2.35. The summed E-state index contributed by atoms with van der Waals surface area (Å²) in [4.78, 5) is 1.68. The zero-order valence-electron chi connectivity index (χ0n) is 10.6. The summed E-state index contributed by atoms with van der Waals surface area (Å²) in [6.07, 6.45) is -4.11. The van der Waals surface area contributed by atoms with Crippen molar-refractivity contribution in [2.24, 2.45) is 0 Å². The van der Waals surface area contributed by atoms with E-state index in [2.05, 4.69) is 15.9 Å². The molecule has 6 heteroatoms. The first-order chi connectivity index (χ1) is 8.81. The molecule has 1 aromatic rings. The number of nitriles is 1. The van der Waals surface area contributed by atoms with Crippen LogP contribution >= 0.6 is 15.9 Å². The van der Waals surface area contributed by atoms with Crippen LogP contribution in [-0.4, -0.2) is 13.1 Å². The van der Waals surface area contributed by atoms with Crippen LogP contribution < -0.4 is 4.90 Å². The highest BCUT2D eigenvalue weighted by atomic mass is 79.9. The minimum atomic E-state index is -4.38. The summed E-state index contributed by atoms with van der Waals surface area (Å²) in [5.41, 5.74) is 0.0234. The molecule has 0 saturated carbocycles. The lowest BCUT2D eigenvalue weighted by atomic mass is 10.1.